The van der Waals surface area contributed by atoms with Gasteiger partial charge in [-0.05, 0) is 36.8 Å². The highest BCUT2D eigenvalue weighted by atomic mass is 16.5. The van der Waals surface area contributed by atoms with Gasteiger partial charge in [-0.1, -0.05) is 18.2 Å². The number of benzene rings is 2. The van der Waals surface area contributed by atoms with E-state index in [1.807, 2.05) is 13.0 Å². The Morgan fingerprint density at radius 3 is 2.09 bits per heavy atom. The van der Waals surface area contributed by atoms with Gasteiger partial charge in [0, 0.05) is 44.7 Å². The van der Waals surface area contributed by atoms with Crippen molar-refractivity contribution < 1.29 is 23.9 Å². The van der Waals surface area contributed by atoms with Crippen molar-refractivity contribution in [3.63, 3.8) is 0 Å². The third-order valence-corrected chi connectivity index (χ3v) is 6.00. The van der Waals surface area contributed by atoms with Crippen LogP contribution in [-0.2, 0) is 4.79 Å². The number of ether oxygens (including phenoxy) is 1. The molecule has 0 aliphatic carbocycles. The summed E-state index contributed by atoms with van der Waals surface area (Å²) in [7, 11) is 1.57. The highest BCUT2D eigenvalue weighted by molar-refractivity contribution is 6.21. The van der Waals surface area contributed by atoms with Gasteiger partial charge in [0.1, 0.15) is 5.75 Å². The van der Waals surface area contributed by atoms with Crippen LogP contribution in [0.4, 0.5) is 0 Å². The number of hydrogen-bond acceptors (Lipinski definition) is 5. The monoisotopic (exact) mass is 435 g/mol. The molecule has 32 heavy (non-hydrogen) atoms. The molecule has 0 aromatic heterocycles. The number of aryl methyl sites for hydroxylation is 1. The van der Waals surface area contributed by atoms with Crippen LogP contribution in [0.1, 0.15) is 43.1 Å². The predicted octanol–water partition coefficient (Wildman–Crippen LogP) is 1.97. The number of methoxy groups -OCH3 is 1. The Balaban J connectivity index is 1.30. The SMILES string of the molecule is COc1cc(C(=O)N2CCN(C(=O)CCN3C(=O)c4ccccc4C3=O)CC2)ccc1C. The van der Waals surface area contributed by atoms with Crippen molar-refractivity contribution in [1.82, 2.24) is 14.7 Å². The molecule has 166 valence electrons. The maximum Gasteiger partial charge on any atom is 0.261 e. The van der Waals surface area contributed by atoms with E-state index in [2.05, 4.69) is 0 Å². The van der Waals surface area contributed by atoms with Crippen LogP contribution >= 0.6 is 0 Å². The van der Waals surface area contributed by atoms with E-state index >= 15 is 0 Å². The molecule has 0 radical (unpaired) electrons. The second kappa shape index (κ2) is 8.82. The second-order valence-electron chi connectivity index (χ2n) is 7.91. The van der Waals surface area contributed by atoms with Gasteiger partial charge in [-0.3, -0.25) is 24.1 Å². The van der Waals surface area contributed by atoms with E-state index in [1.165, 1.54) is 0 Å². The molecule has 2 aliphatic heterocycles. The molecule has 0 atom stereocenters. The van der Waals surface area contributed by atoms with Gasteiger partial charge in [0.05, 0.1) is 18.2 Å². The molecule has 1 saturated heterocycles. The Kier molecular flexibility index (Phi) is 5.94. The Morgan fingerprint density at radius 2 is 1.50 bits per heavy atom. The summed E-state index contributed by atoms with van der Waals surface area (Å²) in [5, 5.41) is 0. The van der Waals surface area contributed by atoms with Gasteiger partial charge in [0.25, 0.3) is 17.7 Å². The van der Waals surface area contributed by atoms with E-state index in [1.54, 1.807) is 53.3 Å². The van der Waals surface area contributed by atoms with Gasteiger partial charge in [-0.15, -0.1) is 0 Å². The highest BCUT2D eigenvalue weighted by Crippen LogP contribution is 2.23. The number of imide groups is 1. The van der Waals surface area contributed by atoms with Gasteiger partial charge in [-0.25, -0.2) is 0 Å². The van der Waals surface area contributed by atoms with Crippen LogP contribution in [0.25, 0.3) is 0 Å². The lowest BCUT2D eigenvalue weighted by Crippen LogP contribution is -2.51. The molecule has 2 aromatic carbocycles. The van der Waals surface area contributed by atoms with Crippen LogP contribution in [0.15, 0.2) is 42.5 Å². The zero-order valence-electron chi connectivity index (χ0n) is 18.2. The molecule has 4 rings (SSSR count). The second-order valence-corrected chi connectivity index (χ2v) is 7.91. The van der Waals surface area contributed by atoms with E-state index in [0.29, 0.717) is 48.6 Å². The van der Waals surface area contributed by atoms with Gasteiger partial charge < -0.3 is 14.5 Å². The molecule has 0 unspecified atom stereocenters. The summed E-state index contributed by atoms with van der Waals surface area (Å²) >= 11 is 0. The first-order valence-electron chi connectivity index (χ1n) is 10.6. The first kappa shape index (κ1) is 21.5. The minimum Gasteiger partial charge on any atom is -0.496 e. The maximum atomic E-state index is 12.8. The molecule has 2 aliphatic rings. The summed E-state index contributed by atoms with van der Waals surface area (Å²) < 4.78 is 5.30. The quantitative estimate of drug-likeness (QED) is 0.671. The number of hydrogen-bond donors (Lipinski definition) is 0. The minimum atomic E-state index is -0.359. The van der Waals surface area contributed by atoms with Crippen molar-refractivity contribution >= 4 is 23.6 Å². The Labute approximate surface area is 186 Å². The van der Waals surface area contributed by atoms with E-state index in [-0.39, 0.29) is 36.6 Å². The molecule has 0 spiro atoms. The number of carbonyl (C=O) groups excluding carboxylic acids is 4. The summed E-state index contributed by atoms with van der Waals surface area (Å²) in [5.74, 6) is -0.283. The van der Waals surface area contributed by atoms with Gasteiger partial charge in [0.2, 0.25) is 5.91 Å². The lowest BCUT2D eigenvalue weighted by atomic mass is 10.1. The topological polar surface area (TPSA) is 87.2 Å². The first-order valence-corrected chi connectivity index (χ1v) is 10.6. The van der Waals surface area contributed by atoms with Crippen LogP contribution in [0, 0.1) is 6.92 Å². The first-order chi connectivity index (χ1) is 15.4. The Hall–Kier alpha value is -3.68. The van der Waals surface area contributed by atoms with Crippen molar-refractivity contribution in [2.45, 2.75) is 13.3 Å². The van der Waals surface area contributed by atoms with E-state index in [4.69, 9.17) is 4.74 Å². The standard InChI is InChI=1S/C24H25N3O5/c1-16-7-8-17(15-20(16)32-2)22(29)26-13-11-25(12-14-26)21(28)9-10-27-23(30)18-5-3-4-6-19(18)24(27)31/h3-8,15H,9-14H2,1-2H3. The molecule has 4 amide bonds. The average Bonchev–Trinajstić information content (AvgIpc) is 3.07. The lowest BCUT2D eigenvalue weighted by molar-refractivity contribution is -0.132. The molecule has 8 nitrogen and oxygen atoms in total. The van der Waals surface area contributed by atoms with E-state index in [0.717, 1.165) is 10.5 Å². The van der Waals surface area contributed by atoms with Gasteiger partial charge in [0.15, 0.2) is 0 Å². The number of nitrogens with zero attached hydrogens (tertiary/aromatic N) is 3. The molecule has 2 aromatic rings. The predicted molar refractivity (Wildman–Crippen MR) is 117 cm³/mol. The van der Waals surface area contributed by atoms with Crippen molar-refractivity contribution in [3.8, 4) is 5.75 Å². The summed E-state index contributed by atoms with van der Waals surface area (Å²) in [6.45, 7) is 3.64. The maximum absolute atomic E-state index is 12.8. The summed E-state index contributed by atoms with van der Waals surface area (Å²) in [4.78, 5) is 54.9. The fraction of sp³-hybridized carbons (Fsp3) is 0.333. The number of piperazine rings is 1. The molecular formula is C24H25N3O5. The number of rotatable bonds is 5. The molecule has 8 heteroatoms. The number of carbonyl (C=O) groups is 4. The third-order valence-electron chi connectivity index (χ3n) is 6.00. The van der Waals surface area contributed by atoms with Crippen LogP contribution in [0.3, 0.4) is 0 Å². The minimum absolute atomic E-state index is 0.0491. The van der Waals surface area contributed by atoms with E-state index in [9.17, 15) is 19.2 Å². The Morgan fingerprint density at radius 1 is 0.906 bits per heavy atom. The van der Waals surface area contributed by atoms with Gasteiger partial charge in [-0.2, -0.15) is 0 Å². The summed E-state index contributed by atoms with van der Waals surface area (Å²) in [6.07, 6.45) is 0.0641. The zero-order chi connectivity index (χ0) is 22.8. The summed E-state index contributed by atoms with van der Waals surface area (Å²) in [6, 6.07) is 12.0. The molecule has 0 N–H and O–H groups in total. The number of fused-ring (bicyclic) bond motifs is 1. The Bertz CT molecular complexity index is 1050. The van der Waals surface area contributed by atoms with E-state index < -0.39 is 0 Å². The zero-order valence-corrected chi connectivity index (χ0v) is 18.2. The smallest absolute Gasteiger partial charge is 0.261 e. The van der Waals surface area contributed by atoms with Gasteiger partial charge >= 0.3 is 0 Å². The van der Waals surface area contributed by atoms with Crippen LogP contribution in [0.5, 0.6) is 5.75 Å². The largest absolute Gasteiger partial charge is 0.496 e. The fourth-order valence-corrected chi connectivity index (χ4v) is 4.10. The molecule has 0 saturated carbocycles. The normalized spacial score (nSPS) is 15.8. The molecule has 2 heterocycles. The van der Waals surface area contributed by atoms with Crippen molar-refractivity contribution in [2.75, 3.05) is 39.8 Å². The fourth-order valence-electron chi connectivity index (χ4n) is 4.10. The molecule has 0 bridgehead atoms. The molecule has 1 fully saturated rings. The van der Waals surface area contributed by atoms with Crippen molar-refractivity contribution in [2.24, 2.45) is 0 Å². The van der Waals surface area contributed by atoms with Crippen molar-refractivity contribution in [3.05, 3.63) is 64.7 Å². The van der Waals surface area contributed by atoms with Crippen molar-refractivity contribution in [1.29, 1.82) is 0 Å². The molecular weight excluding hydrogens is 410 g/mol. The van der Waals surface area contributed by atoms with Crippen LogP contribution < -0.4 is 4.74 Å². The highest BCUT2D eigenvalue weighted by Gasteiger charge is 2.35. The number of amides is 4. The van der Waals surface area contributed by atoms with Crippen LogP contribution in [0.2, 0.25) is 0 Å². The lowest BCUT2D eigenvalue weighted by Gasteiger charge is -2.35. The third kappa shape index (κ3) is 3.95. The summed E-state index contributed by atoms with van der Waals surface area (Å²) in [5.41, 5.74) is 2.27. The average molecular weight is 435 g/mol. The van der Waals surface area contributed by atoms with Crippen LogP contribution in [-0.4, -0.2) is 78.2 Å².